The second kappa shape index (κ2) is 11.7. The lowest BCUT2D eigenvalue weighted by Crippen LogP contribution is -2.54. The standard InChI is InChI=1S/C28H20Cl2N2O6/c1-3-12-37-25-23(30)14-18(15-24(25)36-2)13-22-26(33)31-28(35)32(27(22)34)20-8-10-21(11-9-20)38-16-17-4-6-19(29)7-5-17/h1,4-11,13-15H,12,16H2,2H3,(H,31,33,35)/b22-13+. The van der Waals surface area contributed by atoms with Crippen LogP contribution in [0, 0.1) is 12.3 Å². The van der Waals surface area contributed by atoms with Crippen molar-refractivity contribution in [3.8, 4) is 29.6 Å². The Kier molecular flexibility index (Phi) is 8.22. The summed E-state index contributed by atoms with van der Waals surface area (Å²) in [4.78, 5) is 39.2. The van der Waals surface area contributed by atoms with Crippen LogP contribution in [0.15, 0.2) is 66.2 Å². The molecule has 0 aliphatic carbocycles. The Morgan fingerprint density at radius 3 is 2.37 bits per heavy atom. The minimum absolute atomic E-state index is 0.0283. The topological polar surface area (TPSA) is 94.2 Å². The molecule has 1 heterocycles. The zero-order chi connectivity index (χ0) is 27.2. The van der Waals surface area contributed by atoms with E-state index in [0.29, 0.717) is 22.9 Å². The number of imide groups is 2. The Balaban J connectivity index is 1.55. The molecule has 0 bridgehead atoms. The van der Waals surface area contributed by atoms with Crippen LogP contribution in [0.25, 0.3) is 6.08 Å². The molecule has 10 heteroatoms. The summed E-state index contributed by atoms with van der Waals surface area (Å²) in [5, 5.41) is 2.97. The maximum Gasteiger partial charge on any atom is 0.335 e. The fourth-order valence-corrected chi connectivity index (χ4v) is 3.97. The lowest BCUT2D eigenvalue weighted by atomic mass is 10.1. The third-order valence-corrected chi connectivity index (χ3v) is 5.91. The number of barbiturate groups is 1. The smallest absolute Gasteiger partial charge is 0.335 e. The largest absolute Gasteiger partial charge is 0.493 e. The van der Waals surface area contributed by atoms with Gasteiger partial charge in [0.1, 0.15) is 24.5 Å². The molecule has 1 aliphatic rings. The van der Waals surface area contributed by atoms with E-state index in [1.54, 1.807) is 36.4 Å². The molecule has 0 saturated carbocycles. The van der Waals surface area contributed by atoms with E-state index < -0.39 is 17.8 Å². The molecule has 0 aromatic heterocycles. The average Bonchev–Trinajstić information content (AvgIpc) is 2.90. The summed E-state index contributed by atoms with van der Waals surface area (Å²) in [7, 11) is 1.41. The molecule has 0 radical (unpaired) electrons. The summed E-state index contributed by atoms with van der Waals surface area (Å²) in [6.45, 7) is 0.277. The fourth-order valence-electron chi connectivity index (χ4n) is 3.57. The van der Waals surface area contributed by atoms with Gasteiger partial charge >= 0.3 is 6.03 Å². The van der Waals surface area contributed by atoms with E-state index >= 15 is 0 Å². The Labute approximate surface area is 228 Å². The second-order valence-electron chi connectivity index (χ2n) is 7.89. The van der Waals surface area contributed by atoms with Crippen molar-refractivity contribution in [3.05, 3.63) is 87.4 Å². The number of halogens is 2. The van der Waals surface area contributed by atoms with Gasteiger partial charge in [0.05, 0.1) is 17.8 Å². The lowest BCUT2D eigenvalue weighted by molar-refractivity contribution is -0.122. The molecule has 0 atom stereocenters. The predicted octanol–water partition coefficient (Wildman–Crippen LogP) is 5.26. The molecule has 0 spiro atoms. The number of carbonyl (C=O) groups is 3. The van der Waals surface area contributed by atoms with Crippen molar-refractivity contribution in [1.29, 1.82) is 0 Å². The third kappa shape index (κ3) is 5.92. The quantitative estimate of drug-likeness (QED) is 0.233. The van der Waals surface area contributed by atoms with Gasteiger partial charge in [0.2, 0.25) is 0 Å². The Morgan fingerprint density at radius 1 is 1.00 bits per heavy atom. The number of methoxy groups -OCH3 is 1. The van der Waals surface area contributed by atoms with Crippen molar-refractivity contribution in [1.82, 2.24) is 5.32 Å². The number of rotatable bonds is 8. The number of urea groups is 1. The first kappa shape index (κ1) is 26.6. The van der Waals surface area contributed by atoms with Crippen molar-refractivity contribution in [2.75, 3.05) is 18.6 Å². The highest BCUT2D eigenvalue weighted by Crippen LogP contribution is 2.37. The van der Waals surface area contributed by atoms with Crippen molar-refractivity contribution in [2.45, 2.75) is 6.61 Å². The van der Waals surface area contributed by atoms with E-state index in [1.165, 1.54) is 25.3 Å². The number of anilines is 1. The number of carbonyl (C=O) groups excluding carboxylic acids is 3. The maximum absolute atomic E-state index is 13.2. The van der Waals surface area contributed by atoms with Crippen LogP contribution in [0.2, 0.25) is 10.0 Å². The minimum Gasteiger partial charge on any atom is -0.493 e. The van der Waals surface area contributed by atoms with Crippen molar-refractivity contribution >= 4 is 52.8 Å². The summed E-state index contributed by atoms with van der Waals surface area (Å²) >= 11 is 12.2. The minimum atomic E-state index is -0.874. The Hall–Kier alpha value is -4.45. The first-order chi connectivity index (χ1) is 18.3. The van der Waals surface area contributed by atoms with Crippen LogP contribution < -0.4 is 24.4 Å². The van der Waals surface area contributed by atoms with Crippen LogP contribution in [0.5, 0.6) is 17.2 Å². The molecule has 4 rings (SSSR count). The Bertz CT molecular complexity index is 1460. The van der Waals surface area contributed by atoms with Crippen molar-refractivity contribution in [3.63, 3.8) is 0 Å². The number of terminal acetylenes is 1. The molecular formula is C28H20Cl2N2O6. The number of benzene rings is 3. The monoisotopic (exact) mass is 550 g/mol. The molecule has 1 fully saturated rings. The van der Waals surface area contributed by atoms with Gasteiger partial charge < -0.3 is 14.2 Å². The van der Waals surface area contributed by atoms with E-state index in [-0.39, 0.29) is 34.4 Å². The van der Waals surface area contributed by atoms with Gasteiger partial charge in [-0.3, -0.25) is 14.9 Å². The highest BCUT2D eigenvalue weighted by molar-refractivity contribution is 6.39. The zero-order valence-electron chi connectivity index (χ0n) is 20.0. The number of amides is 4. The summed E-state index contributed by atoms with van der Waals surface area (Å²) < 4.78 is 16.5. The van der Waals surface area contributed by atoms with E-state index in [0.717, 1.165) is 10.5 Å². The molecule has 3 aromatic carbocycles. The number of ether oxygens (including phenoxy) is 3. The molecule has 0 unspecified atom stereocenters. The number of nitrogens with one attached hydrogen (secondary N) is 1. The van der Waals surface area contributed by atoms with Gasteiger partial charge in [-0.25, -0.2) is 9.69 Å². The molecule has 38 heavy (non-hydrogen) atoms. The first-order valence-corrected chi connectivity index (χ1v) is 11.9. The van der Waals surface area contributed by atoms with Gasteiger partial charge in [0, 0.05) is 5.02 Å². The first-order valence-electron chi connectivity index (χ1n) is 11.1. The average molecular weight is 551 g/mol. The highest BCUT2D eigenvalue weighted by Gasteiger charge is 2.37. The maximum atomic E-state index is 13.2. The van der Waals surface area contributed by atoms with Crippen LogP contribution in [-0.4, -0.2) is 31.6 Å². The predicted molar refractivity (Wildman–Crippen MR) is 144 cm³/mol. The van der Waals surface area contributed by atoms with Crippen LogP contribution in [0.3, 0.4) is 0 Å². The second-order valence-corrected chi connectivity index (χ2v) is 8.74. The lowest BCUT2D eigenvalue weighted by Gasteiger charge is -2.26. The van der Waals surface area contributed by atoms with Crippen LogP contribution in [-0.2, 0) is 16.2 Å². The normalized spacial score (nSPS) is 14.2. The summed E-state index contributed by atoms with van der Waals surface area (Å²) in [6.07, 6.45) is 6.54. The van der Waals surface area contributed by atoms with Gasteiger partial charge in [-0.2, -0.15) is 0 Å². The SMILES string of the molecule is C#CCOc1c(Cl)cc(/C=C2\C(=O)NC(=O)N(c3ccc(OCc4ccc(Cl)cc4)cc3)C2=O)cc1OC. The van der Waals surface area contributed by atoms with E-state index in [4.69, 9.17) is 43.8 Å². The molecule has 1 saturated heterocycles. The van der Waals surface area contributed by atoms with Crippen molar-refractivity contribution < 1.29 is 28.6 Å². The molecule has 1 N–H and O–H groups in total. The van der Waals surface area contributed by atoms with Gasteiger partial charge in [-0.15, -0.1) is 6.42 Å². The van der Waals surface area contributed by atoms with Crippen LogP contribution in [0.4, 0.5) is 10.5 Å². The van der Waals surface area contributed by atoms with Crippen LogP contribution >= 0.6 is 23.2 Å². The summed E-state index contributed by atoms with van der Waals surface area (Å²) in [5.74, 6) is 1.68. The number of hydrogen-bond donors (Lipinski definition) is 1. The Morgan fingerprint density at radius 2 is 1.71 bits per heavy atom. The third-order valence-electron chi connectivity index (χ3n) is 5.38. The zero-order valence-corrected chi connectivity index (χ0v) is 21.5. The molecule has 192 valence electrons. The summed E-state index contributed by atoms with van der Waals surface area (Å²) in [6, 6.07) is 15.7. The summed E-state index contributed by atoms with van der Waals surface area (Å²) in [5.41, 5.74) is 1.27. The highest BCUT2D eigenvalue weighted by atomic mass is 35.5. The van der Waals surface area contributed by atoms with E-state index in [2.05, 4.69) is 11.2 Å². The molecule has 4 amide bonds. The van der Waals surface area contributed by atoms with Gasteiger partial charge in [-0.1, -0.05) is 41.3 Å². The van der Waals surface area contributed by atoms with Crippen molar-refractivity contribution in [2.24, 2.45) is 0 Å². The molecular weight excluding hydrogens is 531 g/mol. The van der Waals surface area contributed by atoms with E-state index in [9.17, 15) is 14.4 Å². The number of nitrogens with zero attached hydrogens (tertiary/aromatic N) is 1. The van der Waals surface area contributed by atoms with Gasteiger partial charge in [-0.05, 0) is 65.7 Å². The molecule has 1 aliphatic heterocycles. The number of hydrogen-bond acceptors (Lipinski definition) is 6. The fraction of sp³-hybridized carbons (Fsp3) is 0.107. The van der Waals surface area contributed by atoms with E-state index in [1.807, 2.05) is 12.1 Å². The van der Waals surface area contributed by atoms with Gasteiger partial charge in [0.25, 0.3) is 11.8 Å². The molecule has 8 nitrogen and oxygen atoms in total. The van der Waals surface area contributed by atoms with Gasteiger partial charge in [0.15, 0.2) is 11.5 Å². The van der Waals surface area contributed by atoms with Crippen LogP contribution in [0.1, 0.15) is 11.1 Å². The molecule has 3 aromatic rings.